The fourth-order valence-corrected chi connectivity index (χ4v) is 3.76. The number of piperidine rings is 1. The molecule has 1 aliphatic rings. The van der Waals surface area contributed by atoms with Crippen molar-refractivity contribution in [1.82, 2.24) is 19.3 Å². The van der Waals surface area contributed by atoms with Crippen molar-refractivity contribution in [3.63, 3.8) is 0 Å². The van der Waals surface area contributed by atoms with Crippen LogP contribution in [0.5, 0.6) is 0 Å². The van der Waals surface area contributed by atoms with Crippen molar-refractivity contribution < 1.29 is 4.39 Å². The second-order valence-electron chi connectivity index (χ2n) is 7.24. The molecular weight excluding hydrogens is 383 g/mol. The van der Waals surface area contributed by atoms with Crippen molar-refractivity contribution in [1.29, 1.82) is 5.26 Å². The lowest BCUT2D eigenvalue weighted by molar-refractivity contribution is 0.561. The Labute approximate surface area is 173 Å². The summed E-state index contributed by atoms with van der Waals surface area (Å²) in [4.78, 5) is 20.2. The Hall–Kier alpha value is -3.65. The molecule has 0 unspecified atom stereocenters. The molecule has 0 saturated carbocycles. The molecule has 1 aliphatic heterocycles. The lowest BCUT2D eigenvalue weighted by Crippen LogP contribution is -2.32. The summed E-state index contributed by atoms with van der Waals surface area (Å²) < 4.78 is 16.8. The van der Waals surface area contributed by atoms with Gasteiger partial charge in [0.05, 0.1) is 24.8 Å². The molecule has 0 atom stereocenters. The van der Waals surface area contributed by atoms with Gasteiger partial charge in [-0.1, -0.05) is 12.0 Å². The molecule has 7 nitrogen and oxygen atoms in total. The van der Waals surface area contributed by atoms with Crippen LogP contribution in [0.2, 0.25) is 0 Å². The van der Waals surface area contributed by atoms with Gasteiger partial charge < -0.3 is 4.90 Å². The molecule has 3 heterocycles. The number of rotatable bonds is 4. The largest absolute Gasteiger partial charge is 0.342 e. The first kappa shape index (κ1) is 19.7. The highest BCUT2D eigenvalue weighted by atomic mass is 19.1. The zero-order valence-corrected chi connectivity index (χ0v) is 16.7. The molecule has 3 aromatic rings. The molecule has 0 bridgehead atoms. The second kappa shape index (κ2) is 8.38. The van der Waals surface area contributed by atoms with Crippen molar-refractivity contribution in [3.05, 3.63) is 51.7 Å². The molecular formula is C22H21FN6O. The topological polar surface area (TPSA) is 79.7 Å². The van der Waals surface area contributed by atoms with Gasteiger partial charge in [0.15, 0.2) is 0 Å². The Morgan fingerprint density at radius 2 is 2.03 bits per heavy atom. The molecule has 0 amide bonds. The van der Waals surface area contributed by atoms with Crippen LogP contribution in [0.4, 0.5) is 10.3 Å². The van der Waals surface area contributed by atoms with Crippen LogP contribution in [0.15, 0.2) is 29.2 Å². The Morgan fingerprint density at radius 1 is 1.23 bits per heavy atom. The molecule has 0 spiro atoms. The van der Waals surface area contributed by atoms with Crippen LogP contribution >= 0.6 is 0 Å². The minimum Gasteiger partial charge on any atom is -0.342 e. The Morgan fingerprint density at radius 3 is 2.77 bits per heavy atom. The minimum atomic E-state index is -0.584. The number of nitrogens with zero attached hydrogens (tertiary/aromatic N) is 6. The maximum atomic E-state index is 13.6. The molecule has 1 saturated heterocycles. The predicted molar refractivity (Wildman–Crippen MR) is 112 cm³/mol. The SMILES string of the molecule is CC#CCn1c(N2CCCCC2)nc2cnn(Cc3ccc(F)c(C#N)c3)c(=O)c21. The zero-order valence-electron chi connectivity index (χ0n) is 16.7. The molecule has 8 heteroatoms. The van der Waals surface area contributed by atoms with E-state index < -0.39 is 5.82 Å². The average molecular weight is 404 g/mol. The van der Waals surface area contributed by atoms with E-state index >= 15 is 0 Å². The van der Waals surface area contributed by atoms with Crippen LogP contribution in [-0.2, 0) is 13.1 Å². The van der Waals surface area contributed by atoms with Gasteiger partial charge in [-0.3, -0.25) is 9.36 Å². The molecule has 4 rings (SSSR count). The normalized spacial score (nSPS) is 13.7. The number of imidazole rings is 1. The molecule has 1 aromatic carbocycles. The molecule has 152 valence electrons. The van der Waals surface area contributed by atoms with E-state index in [-0.39, 0.29) is 17.7 Å². The summed E-state index contributed by atoms with van der Waals surface area (Å²) in [5.74, 6) is 6.09. The zero-order chi connectivity index (χ0) is 21.1. The molecule has 0 aliphatic carbocycles. The van der Waals surface area contributed by atoms with E-state index in [9.17, 15) is 9.18 Å². The van der Waals surface area contributed by atoms with Gasteiger partial charge in [-0.2, -0.15) is 10.4 Å². The number of aromatic nitrogens is 4. The van der Waals surface area contributed by atoms with E-state index in [1.807, 2.05) is 10.6 Å². The summed E-state index contributed by atoms with van der Waals surface area (Å²) in [7, 11) is 0. The molecule has 0 radical (unpaired) electrons. The van der Waals surface area contributed by atoms with Crippen molar-refractivity contribution >= 4 is 17.0 Å². The fourth-order valence-electron chi connectivity index (χ4n) is 3.76. The maximum Gasteiger partial charge on any atom is 0.293 e. The summed E-state index contributed by atoms with van der Waals surface area (Å²) in [5.41, 5.74) is 1.27. The fraction of sp³-hybridized carbons (Fsp3) is 0.364. The Kier molecular flexibility index (Phi) is 5.49. The third-order valence-electron chi connectivity index (χ3n) is 5.27. The van der Waals surface area contributed by atoms with Gasteiger partial charge in [0.1, 0.15) is 22.9 Å². The van der Waals surface area contributed by atoms with Crippen molar-refractivity contribution in [2.24, 2.45) is 0 Å². The van der Waals surface area contributed by atoms with Crippen LogP contribution in [-0.4, -0.2) is 32.4 Å². The number of halogens is 1. The van der Waals surface area contributed by atoms with Crippen molar-refractivity contribution in [2.45, 2.75) is 39.3 Å². The summed E-state index contributed by atoms with van der Waals surface area (Å²) in [6, 6.07) is 6.04. The summed E-state index contributed by atoms with van der Waals surface area (Å²) >= 11 is 0. The average Bonchev–Trinajstić information content (AvgIpc) is 3.15. The van der Waals surface area contributed by atoms with Crippen molar-refractivity contribution in [2.75, 3.05) is 18.0 Å². The molecule has 0 N–H and O–H groups in total. The quantitative estimate of drug-likeness (QED) is 0.625. The number of hydrogen-bond acceptors (Lipinski definition) is 5. The van der Waals surface area contributed by atoms with E-state index in [1.165, 1.54) is 23.2 Å². The monoisotopic (exact) mass is 404 g/mol. The highest BCUT2D eigenvalue weighted by molar-refractivity contribution is 5.77. The Bertz CT molecular complexity index is 1250. The van der Waals surface area contributed by atoms with E-state index in [0.717, 1.165) is 31.9 Å². The summed E-state index contributed by atoms with van der Waals surface area (Å²) in [5, 5.41) is 13.3. The number of fused-ring (bicyclic) bond motifs is 1. The lowest BCUT2D eigenvalue weighted by atomic mass is 10.1. The van der Waals surface area contributed by atoms with Gasteiger partial charge in [-0.15, -0.1) is 5.92 Å². The summed E-state index contributed by atoms with van der Waals surface area (Å²) in [6.45, 7) is 4.06. The number of hydrogen-bond donors (Lipinski definition) is 0. The number of anilines is 1. The van der Waals surface area contributed by atoms with Gasteiger partial charge in [-0.25, -0.2) is 14.1 Å². The van der Waals surface area contributed by atoms with Crippen LogP contribution in [0.25, 0.3) is 11.0 Å². The van der Waals surface area contributed by atoms with Gasteiger partial charge in [0, 0.05) is 13.1 Å². The second-order valence-corrected chi connectivity index (χ2v) is 7.24. The Balaban J connectivity index is 1.79. The molecule has 2 aromatic heterocycles. The maximum absolute atomic E-state index is 13.6. The van der Waals surface area contributed by atoms with E-state index in [2.05, 4.69) is 26.8 Å². The van der Waals surface area contributed by atoms with Crippen LogP contribution < -0.4 is 10.5 Å². The summed E-state index contributed by atoms with van der Waals surface area (Å²) in [6.07, 6.45) is 4.96. The minimum absolute atomic E-state index is 0.0581. The highest BCUT2D eigenvalue weighted by Crippen LogP contribution is 2.23. The number of benzene rings is 1. The molecule has 1 fully saturated rings. The van der Waals surface area contributed by atoms with E-state index in [1.54, 1.807) is 19.2 Å². The first-order chi connectivity index (χ1) is 14.6. The van der Waals surface area contributed by atoms with Gasteiger partial charge in [0.25, 0.3) is 5.56 Å². The van der Waals surface area contributed by atoms with E-state index in [4.69, 9.17) is 5.26 Å². The first-order valence-corrected chi connectivity index (χ1v) is 9.92. The van der Waals surface area contributed by atoms with Gasteiger partial charge in [-0.05, 0) is 43.9 Å². The standard InChI is InChI=1S/C22H21FN6O/c1-2-3-11-28-20-19(26-22(28)27-9-5-4-6-10-27)14-25-29(21(20)30)15-16-7-8-18(23)17(12-16)13-24/h7-8,12,14H,4-6,9-11,15H2,1H3. The van der Waals surface area contributed by atoms with Crippen LogP contribution in [0.3, 0.4) is 0 Å². The van der Waals surface area contributed by atoms with Crippen LogP contribution in [0, 0.1) is 29.0 Å². The lowest BCUT2D eigenvalue weighted by Gasteiger charge is -2.27. The van der Waals surface area contributed by atoms with Gasteiger partial charge in [0.2, 0.25) is 5.95 Å². The molecule has 30 heavy (non-hydrogen) atoms. The van der Waals surface area contributed by atoms with Crippen molar-refractivity contribution in [3.8, 4) is 17.9 Å². The van der Waals surface area contributed by atoms with Crippen LogP contribution in [0.1, 0.15) is 37.3 Å². The third kappa shape index (κ3) is 3.65. The van der Waals surface area contributed by atoms with E-state index in [0.29, 0.717) is 23.1 Å². The first-order valence-electron chi connectivity index (χ1n) is 9.92. The highest BCUT2D eigenvalue weighted by Gasteiger charge is 2.21. The van der Waals surface area contributed by atoms with Gasteiger partial charge >= 0.3 is 0 Å². The predicted octanol–water partition coefficient (Wildman–Crippen LogP) is 2.67. The number of nitriles is 1. The smallest absolute Gasteiger partial charge is 0.293 e. The third-order valence-corrected chi connectivity index (χ3v) is 5.27.